The van der Waals surface area contributed by atoms with Crippen molar-refractivity contribution in [3.8, 4) is 0 Å². The Morgan fingerprint density at radius 1 is 1.35 bits per heavy atom. The standard InChI is InChI=1S/C11H10F3NOS/c12-11(13,14)7-2-1-3-8(6-7)17-10(4-5-10)9(15)16/h1-3,6H,4-5H2,(H2,15,16). The van der Waals surface area contributed by atoms with E-state index in [1.54, 1.807) is 6.07 Å². The van der Waals surface area contributed by atoms with E-state index in [4.69, 9.17) is 5.73 Å². The molecule has 2 N–H and O–H groups in total. The fourth-order valence-electron chi connectivity index (χ4n) is 1.47. The smallest absolute Gasteiger partial charge is 0.368 e. The first-order valence-electron chi connectivity index (χ1n) is 5.00. The molecule has 0 heterocycles. The van der Waals surface area contributed by atoms with Crippen molar-refractivity contribution >= 4 is 17.7 Å². The normalized spacial score (nSPS) is 17.8. The third-order valence-electron chi connectivity index (χ3n) is 2.63. The predicted octanol–water partition coefficient (Wildman–Crippen LogP) is 2.82. The van der Waals surface area contributed by atoms with E-state index < -0.39 is 22.4 Å². The van der Waals surface area contributed by atoms with Crippen LogP contribution in [0.3, 0.4) is 0 Å². The zero-order valence-electron chi connectivity index (χ0n) is 8.75. The molecule has 17 heavy (non-hydrogen) atoms. The van der Waals surface area contributed by atoms with E-state index in [0.717, 1.165) is 23.9 Å². The van der Waals surface area contributed by atoms with Gasteiger partial charge in [-0.15, -0.1) is 11.8 Å². The number of alkyl halides is 3. The second-order valence-electron chi connectivity index (χ2n) is 3.99. The summed E-state index contributed by atoms with van der Waals surface area (Å²) in [4.78, 5) is 11.6. The molecule has 1 amide bonds. The van der Waals surface area contributed by atoms with Crippen LogP contribution in [0.25, 0.3) is 0 Å². The lowest BCUT2D eigenvalue weighted by atomic mass is 10.2. The van der Waals surface area contributed by atoms with Crippen molar-refractivity contribution in [2.24, 2.45) is 5.73 Å². The van der Waals surface area contributed by atoms with Gasteiger partial charge in [0, 0.05) is 4.90 Å². The van der Waals surface area contributed by atoms with E-state index in [1.165, 1.54) is 6.07 Å². The topological polar surface area (TPSA) is 43.1 Å². The first-order valence-corrected chi connectivity index (χ1v) is 5.81. The average Bonchev–Trinajstić information content (AvgIpc) is 2.98. The van der Waals surface area contributed by atoms with E-state index >= 15 is 0 Å². The quantitative estimate of drug-likeness (QED) is 0.909. The third-order valence-corrected chi connectivity index (χ3v) is 4.12. The number of hydrogen-bond acceptors (Lipinski definition) is 2. The Morgan fingerprint density at radius 3 is 2.47 bits per heavy atom. The highest BCUT2D eigenvalue weighted by Gasteiger charge is 2.49. The number of thioether (sulfide) groups is 1. The highest BCUT2D eigenvalue weighted by atomic mass is 32.2. The molecule has 0 aromatic heterocycles. The predicted molar refractivity (Wildman–Crippen MR) is 58.5 cm³/mol. The Bertz CT molecular complexity index is 454. The molecule has 0 unspecified atom stereocenters. The van der Waals surface area contributed by atoms with Gasteiger partial charge in [0.1, 0.15) is 0 Å². The molecule has 1 aromatic carbocycles. The van der Waals surface area contributed by atoms with Crippen LogP contribution in [0, 0.1) is 0 Å². The van der Waals surface area contributed by atoms with Crippen LogP contribution in [0.1, 0.15) is 18.4 Å². The maximum absolute atomic E-state index is 12.5. The number of nitrogens with two attached hydrogens (primary N) is 1. The van der Waals surface area contributed by atoms with Gasteiger partial charge in [0.05, 0.1) is 10.3 Å². The molecule has 1 aromatic rings. The first-order chi connectivity index (χ1) is 7.83. The molecule has 2 nitrogen and oxygen atoms in total. The van der Waals surface area contributed by atoms with Gasteiger partial charge in [0.25, 0.3) is 0 Å². The summed E-state index contributed by atoms with van der Waals surface area (Å²) in [6, 6.07) is 4.95. The second kappa shape index (κ2) is 3.94. The molecule has 1 aliphatic carbocycles. The number of amides is 1. The van der Waals surface area contributed by atoms with Gasteiger partial charge in [0.2, 0.25) is 5.91 Å². The Balaban J connectivity index is 2.21. The van der Waals surface area contributed by atoms with Crippen LogP contribution >= 0.6 is 11.8 Å². The number of carbonyl (C=O) groups is 1. The molecule has 1 saturated carbocycles. The molecule has 1 aliphatic rings. The number of halogens is 3. The summed E-state index contributed by atoms with van der Waals surface area (Å²) >= 11 is 1.12. The number of carbonyl (C=O) groups excluding carboxylic acids is 1. The fraction of sp³-hybridized carbons (Fsp3) is 0.364. The van der Waals surface area contributed by atoms with E-state index in [-0.39, 0.29) is 0 Å². The summed E-state index contributed by atoms with van der Waals surface area (Å²) in [5, 5.41) is 0. The lowest BCUT2D eigenvalue weighted by Crippen LogP contribution is -2.27. The maximum atomic E-state index is 12.5. The van der Waals surface area contributed by atoms with Gasteiger partial charge in [-0.3, -0.25) is 4.79 Å². The average molecular weight is 261 g/mol. The largest absolute Gasteiger partial charge is 0.416 e. The molecule has 1 fully saturated rings. The van der Waals surface area contributed by atoms with Crippen molar-refractivity contribution in [2.75, 3.05) is 0 Å². The van der Waals surface area contributed by atoms with Crippen molar-refractivity contribution in [1.29, 1.82) is 0 Å². The van der Waals surface area contributed by atoms with Crippen LogP contribution in [0.4, 0.5) is 13.2 Å². The molecular formula is C11H10F3NOS. The summed E-state index contributed by atoms with van der Waals surface area (Å²) in [5.74, 6) is -0.458. The monoisotopic (exact) mass is 261 g/mol. The van der Waals surface area contributed by atoms with Gasteiger partial charge in [-0.2, -0.15) is 13.2 Å². The van der Waals surface area contributed by atoms with E-state index in [2.05, 4.69) is 0 Å². The fourth-order valence-corrected chi connectivity index (χ4v) is 2.66. The van der Waals surface area contributed by atoms with Crippen LogP contribution in [0.2, 0.25) is 0 Å². The number of primary amides is 1. The number of rotatable bonds is 3. The molecule has 0 saturated heterocycles. The van der Waals surface area contributed by atoms with E-state index in [0.29, 0.717) is 17.7 Å². The Labute approximate surface area is 100 Å². The highest BCUT2D eigenvalue weighted by molar-refractivity contribution is 8.01. The van der Waals surface area contributed by atoms with Crippen molar-refractivity contribution in [3.63, 3.8) is 0 Å². The minimum atomic E-state index is -4.36. The van der Waals surface area contributed by atoms with E-state index in [1.807, 2.05) is 0 Å². The molecule has 92 valence electrons. The zero-order valence-corrected chi connectivity index (χ0v) is 9.57. The number of benzene rings is 1. The van der Waals surface area contributed by atoms with Crippen LogP contribution in [0.5, 0.6) is 0 Å². The van der Waals surface area contributed by atoms with Crippen LogP contribution in [0.15, 0.2) is 29.2 Å². The molecule has 6 heteroatoms. The molecule has 0 aliphatic heterocycles. The number of hydrogen-bond donors (Lipinski definition) is 1. The summed E-state index contributed by atoms with van der Waals surface area (Å²) < 4.78 is 36.7. The van der Waals surface area contributed by atoms with Gasteiger partial charge < -0.3 is 5.73 Å². The Hall–Kier alpha value is -1.17. The summed E-state index contributed by atoms with van der Waals surface area (Å²) in [6.45, 7) is 0. The lowest BCUT2D eigenvalue weighted by Gasteiger charge is -2.12. The van der Waals surface area contributed by atoms with Crippen molar-refractivity contribution in [3.05, 3.63) is 29.8 Å². The minimum absolute atomic E-state index is 0.427. The van der Waals surface area contributed by atoms with Gasteiger partial charge >= 0.3 is 6.18 Å². The van der Waals surface area contributed by atoms with Gasteiger partial charge in [-0.1, -0.05) is 6.07 Å². The third kappa shape index (κ3) is 2.57. The van der Waals surface area contributed by atoms with Crippen molar-refractivity contribution in [1.82, 2.24) is 0 Å². The first kappa shape index (κ1) is 12.3. The van der Waals surface area contributed by atoms with Gasteiger partial charge in [-0.05, 0) is 31.0 Å². The summed E-state index contributed by atoms with van der Waals surface area (Å²) in [6.07, 6.45) is -3.10. The second-order valence-corrected chi connectivity index (χ2v) is 5.44. The van der Waals surface area contributed by atoms with Crippen LogP contribution in [-0.4, -0.2) is 10.7 Å². The molecule has 0 radical (unpaired) electrons. The lowest BCUT2D eigenvalue weighted by molar-refractivity contribution is -0.137. The van der Waals surface area contributed by atoms with Gasteiger partial charge in [-0.25, -0.2) is 0 Å². The maximum Gasteiger partial charge on any atom is 0.416 e. The highest BCUT2D eigenvalue weighted by Crippen LogP contribution is 2.51. The SMILES string of the molecule is NC(=O)C1(Sc2cccc(C(F)(F)F)c2)CC1. The molecule has 0 atom stereocenters. The molecule has 2 rings (SSSR count). The zero-order chi connectivity index (χ0) is 12.7. The summed E-state index contributed by atoms with van der Waals surface area (Å²) in [5.41, 5.74) is 4.52. The molecule has 0 spiro atoms. The molecule has 0 bridgehead atoms. The van der Waals surface area contributed by atoms with Crippen LogP contribution < -0.4 is 5.73 Å². The van der Waals surface area contributed by atoms with Gasteiger partial charge in [0.15, 0.2) is 0 Å². The van der Waals surface area contributed by atoms with Crippen molar-refractivity contribution in [2.45, 2.75) is 28.7 Å². The Kier molecular flexibility index (Phi) is 2.85. The van der Waals surface area contributed by atoms with Crippen LogP contribution in [-0.2, 0) is 11.0 Å². The molecular weight excluding hydrogens is 251 g/mol. The minimum Gasteiger partial charge on any atom is -0.368 e. The summed E-state index contributed by atoms with van der Waals surface area (Å²) in [7, 11) is 0. The van der Waals surface area contributed by atoms with Crippen molar-refractivity contribution < 1.29 is 18.0 Å². The Morgan fingerprint density at radius 2 is 2.00 bits per heavy atom. The van der Waals surface area contributed by atoms with E-state index in [9.17, 15) is 18.0 Å².